The minimum atomic E-state index is 0.141. The third-order valence-corrected chi connectivity index (χ3v) is 3.07. The Balaban J connectivity index is 1.80. The summed E-state index contributed by atoms with van der Waals surface area (Å²) >= 11 is 5.76. The SMILES string of the molecule is CNc1nc(Cl)nc(OCCN2CCCCC2)n1. The first-order valence-electron chi connectivity index (χ1n) is 6.22. The van der Waals surface area contributed by atoms with Gasteiger partial charge in [0.1, 0.15) is 6.61 Å². The first-order valence-corrected chi connectivity index (χ1v) is 6.60. The molecule has 1 saturated heterocycles. The number of ether oxygens (including phenoxy) is 1. The molecule has 0 spiro atoms. The number of hydrogen-bond acceptors (Lipinski definition) is 6. The number of likely N-dealkylation sites (tertiary alicyclic amines) is 1. The molecule has 0 aromatic carbocycles. The fourth-order valence-corrected chi connectivity index (χ4v) is 2.11. The third-order valence-electron chi connectivity index (χ3n) is 2.90. The number of aromatic nitrogens is 3. The van der Waals surface area contributed by atoms with Gasteiger partial charge in [-0.05, 0) is 37.5 Å². The third kappa shape index (κ3) is 3.96. The van der Waals surface area contributed by atoms with E-state index in [1.807, 2.05) is 0 Å². The van der Waals surface area contributed by atoms with Gasteiger partial charge in [0, 0.05) is 13.6 Å². The molecule has 2 heterocycles. The van der Waals surface area contributed by atoms with Crippen LogP contribution >= 0.6 is 11.6 Å². The Kier molecular flexibility index (Phi) is 4.95. The van der Waals surface area contributed by atoms with Gasteiger partial charge in [-0.15, -0.1) is 0 Å². The van der Waals surface area contributed by atoms with E-state index >= 15 is 0 Å². The molecule has 18 heavy (non-hydrogen) atoms. The fourth-order valence-electron chi connectivity index (χ4n) is 1.96. The number of nitrogens with zero attached hydrogens (tertiary/aromatic N) is 4. The predicted molar refractivity (Wildman–Crippen MR) is 70.2 cm³/mol. The lowest BCUT2D eigenvalue weighted by Gasteiger charge is -2.25. The summed E-state index contributed by atoms with van der Waals surface area (Å²) < 4.78 is 5.50. The number of anilines is 1. The smallest absolute Gasteiger partial charge is 0.322 e. The molecule has 6 nitrogen and oxygen atoms in total. The Bertz CT molecular complexity index is 384. The second-order valence-corrected chi connectivity index (χ2v) is 4.55. The van der Waals surface area contributed by atoms with Crippen molar-refractivity contribution in [2.45, 2.75) is 19.3 Å². The number of piperidine rings is 1. The molecule has 0 atom stereocenters. The zero-order chi connectivity index (χ0) is 12.8. The summed E-state index contributed by atoms with van der Waals surface area (Å²) in [5.41, 5.74) is 0. The summed E-state index contributed by atoms with van der Waals surface area (Å²) in [6, 6.07) is 0.274. The Morgan fingerprint density at radius 1 is 1.22 bits per heavy atom. The minimum Gasteiger partial charge on any atom is -0.462 e. The monoisotopic (exact) mass is 271 g/mol. The number of nitrogens with one attached hydrogen (secondary N) is 1. The molecule has 0 bridgehead atoms. The molecule has 1 fully saturated rings. The van der Waals surface area contributed by atoms with E-state index in [0.717, 1.165) is 19.6 Å². The van der Waals surface area contributed by atoms with E-state index in [2.05, 4.69) is 25.2 Å². The van der Waals surface area contributed by atoms with Crippen molar-refractivity contribution in [3.63, 3.8) is 0 Å². The molecule has 1 aromatic rings. The molecule has 1 aliphatic heterocycles. The van der Waals surface area contributed by atoms with Crippen LogP contribution in [0.25, 0.3) is 0 Å². The lowest BCUT2D eigenvalue weighted by Crippen LogP contribution is -2.33. The highest BCUT2D eigenvalue weighted by Crippen LogP contribution is 2.11. The minimum absolute atomic E-state index is 0.141. The van der Waals surface area contributed by atoms with E-state index in [1.165, 1.54) is 19.3 Å². The Hall–Kier alpha value is -1.14. The van der Waals surface area contributed by atoms with Crippen LogP contribution in [-0.4, -0.2) is 53.1 Å². The summed E-state index contributed by atoms with van der Waals surface area (Å²) in [5.74, 6) is 0.419. The van der Waals surface area contributed by atoms with Gasteiger partial charge in [-0.2, -0.15) is 15.0 Å². The molecule has 0 unspecified atom stereocenters. The van der Waals surface area contributed by atoms with Gasteiger partial charge in [-0.1, -0.05) is 6.42 Å². The second-order valence-electron chi connectivity index (χ2n) is 4.21. The maximum Gasteiger partial charge on any atom is 0.322 e. The van der Waals surface area contributed by atoms with Crippen molar-refractivity contribution in [2.75, 3.05) is 38.6 Å². The van der Waals surface area contributed by atoms with Crippen molar-refractivity contribution < 1.29 is 4.74 Å². The van der Waals surface area contributed by atoms with Crippen molar-refractivity contribution >= 4 is 17.5 Å². The van der Waals surface area contributed by atoms with Gasteiger partial charge in [0.2, 0.25) is 11.2 Å². The van der Waals surface area contributed by atoms with Crippen LogP contribution in [0.4, 0.5) is 5.95 Å². The molecule has 1 N–H and O–H groups in total. The average molecular weight is 272 g/mol. The van der Waals surface area contributed by atoms with E-state index in [1.54, 1.807) is 7.05 Å². The maximum atomic E-state index is 5.76. The van der Waals surface area contributed by atoms with Gasteiger partial charge in [0.25, 0.3) is 0 Å². The highest BCUT2D eigenvalue weighted by atomic mass is 35.5. The fraction of sp³-hybridized carbons (Fsp3) is 0.727. The Morgan fingerprint density at radius 3 is 2.72 bits per heavy atom. The van der Waals surface area contributed by atoms with Crippen LogP contribution in [0.5, 0.6) is 6.01 Å². The normalized spacial score (nSPS) is 16.6. The predicted octanol–water partition coefficient (Wildman–Crippen LogP) is 1.43. The molecular weight excluding hydrogens is 254 g/mol. The number of halogens is 1. The first kappa shape index (κ1) is 13.3. The van der Waals surface area contributed by atoms with Gasteiger partial charge >= 0.3 is 6.01 Å². The van der Waals surface area contributed by atoms with Gasteiger partial charge in [-0.25, -0.2) is 0 Å². The van der Waals surface area contributed by atoms with Crippen LogP contribution in [0, 0.1) is 0 Å². The van der Waals surface area contributed by atoms with Crippen molar-refractivity contribution in [1.29, 1.82) is 0 Å². The molecule has 1 aliphatic rings. The van der Waals surface area contributed by atoms with Crippen molar-refractivity contribution in [3.05, 3.63) is 5.28 Å². The molecule has 0 amide bonds. The second kappa shape index (κ2) is 6.70. The molecule has 0 aliphatic carbocycles. The standard InChI is InChI=1S/C11H18ClN5O/c1-13-10-14-9(12)15-11(16-10)18-8-7-17-5-3-2-4-6-17/h2-8H2,1H3,(H,13,14,15,16). The molecular formula is C11H18ClN5O. The summed E-state index contributed by atoms with van der Waals surface area (Å²) in [7, 11) is 1.73. The van der Waals surface area contributed by atoms with Crippen molar-refractivity contribution in [2.24, 2.45) is 0 Å². The number of rotatable bonds is 5. The van der Waals surface area contributed by atoms with Crippen molar-refractivity contribution in [3.8, 4) is 6.01 Å². The molecule has 0 radical (unpaired) electrons. The summed E-state index contributed by atoms with van der Waals surface area (Å²) in [5, 5.41) is 2.95. The van der Waals surface area contributed by atoms with Crippen LogP contribution < -0.4 is 10.1 Å². The Labute approximate surface area is 112 Å². The topological polar surface area (TPSA) is 63.2 Å². The summed E-state index contributed by atoms with van der Waals surface area (Å²) in [4.78, 5) is 14.3. The van der Waals surface area contributed by atoms with E-state index in [4.69, 9.17) is 16.3 Å². The lowest BCUT2D eigenvalue weighted by molar-refractivity contribution is 0.177. The quantitative estimate of drug-likeness (QED) is 0.874. The zero-order valence-electron chi connectivity index (χ0n) is 10.5. The molecule has 7 heteroatoms. The van der Waals surface area contributed by atoms with Gasteiger partial charge in [-0.3, -0.25) is 4.90 Å². The lowest BCUT2D eigenvalue weighted by atomic mass is 10.1. The number of hydrogen-bond donors (Lipinski definition) is 1. The highest BCUT2D eigenvalue weighted by molar-refractivity contribution is 6.28. The van der Waals surface area contributed by atoms with Crippen LogP contribution in [0.3, 0.4) is 0 Å². The van der Waals surface area contributed by atoms with E-state index in [9.17, 15) is 0 Å². The molecule has 1 aromatic heterocycles. The summed E-state index contributed by atoms with van der Waals surface area (Å²) in [6.07, 6.45) is 3.90. The van der Waals surface area contributed by atoms with E-state index in [-0.39, 0.29) is 11.3 Å². The van der Waals surface area contributed by atoms with Crippen LogP contribution in [0.15, 0.2) is 0 Å². The van der Waals surface area contributed by atoms with E-state index < -0.39 is 0 Å². The molecule has 2 rings (SSSR count). The van der Waals surface area contributed by atoms with Gasteiger partial charge < -0.3 is 10.1 Å². The van der Waals surface area contributed by atoms with Crippen molar-refractivity contribution in [1.82, 2.24) is 19.9 Å². The molecule has 100 valence electrons. The van der Waals surface area contributed by atoms with Crippen LogP contribution in [0.1, 0.15) is 19.3 Å². The summed E-state index contributed by atoms with van der Waals surface area (Å²) in [6.45, 7) is 3.79. The maximum absolute atomic E-state index is 5.76. The van der Waals surface area contributed by atoms with Crippen LogP contribution in [-0.2, 0) is 0 Å². The van der Waals surface area contributed by atoms with E-state index in [0.29, 0.717) is 12.6 Å². The average Bonchev–Trinajstić information content (AvgIpc) is 2.39. The Morgan fingerprint density at radius 2 is 2.00 bits per heavy atom. The van der Waals surface area contributed by atoms with Crippen LogP contribution in [0.2, 0.25) is 5.28 Å². The first-order chi connectivity index (χ1) is 8.78. The largest absolute Gasteiger partial charge is 0.462 e. The highest BCUT2D eigenvalue weighted by Gasteiger charge is 2.10. The molecule has 0 saturated carbocycles. The zero-order valence-corrected chi connectivity index (χ0v) is 11.3. The van der Waals surface area contributed by atoms with Gasteiger partial charge in [0.15, 0.2) is 0 Å². The van der Waals surface area contributed by atoms with Gasteiger partial charge in [0.05, 0.1) is 0 Å².